The average molecular weight is 362 g/mol. The average Bonchev–Trinajstić information content (AvgIpc) is 2.59. The van der Waals surface area contributed by atoms with E-state index in [4.69, 9.17) is 4.74 Å². The van der Waals surface area contributed by atoms with E-state index in [1.807, 2.05) is 31.2 Å². The van der Waals surface area contributed by atoms with Crippen LogP contribution in [0.4, 0.5) is 5.69 Å². The normalized spacial score (nSPS) is 11.1. The molecule has 0 unspecified atom stereocenters. The molecule has 6 nitrogen and oxygen atoms in total. The second-order valence-electron chi connectivity index (χ2n) is 5.52. The summed E-state index contributed by atoms with van der Waals surface area (Å²) in [6.45, 7) is 4.26. The molecule has 0 fully saturated rings. The molecular formula is C18H22N2O4S. The van der Waals surface area contributed by atoms with Crippen LogP contribution in [0.3, 0.4) is 0 Å². The Morgan fingerprint density at radius 1 is 1.04 bits per heavy atom. The van der Waals surface area contributed by atoms with Crippen molar-refractivity contribution < 1.29 is 17.9 Å². The summed E-state index contributed by atoms with van der Waals surface area (Å²) >= 11 is 0. The molecule has 0 radical (unpaired) electrons. The van der Waals surface area contributed by atoms with Crippen LogP contribution < -0.4 is 14.8 Å². The van der Waals surface area contributed by atoms with Crippen molar-refractivity contribution in [3.63, 3.8) is 0 Å². The summed E-state index contributed by atoms with van der Waals surface area (Å²) in [6, 6.07) is 13.3. The Kier molecular flexibility index (Phi) is 6.55. The van der Waals surface area contributed by atoms with Crippen molar-refractivity contribution in [3.05, 3.63) is 54.1 Å². The number of amides is 1. The van der Waals surface area contributed by atoms with Gasteiger partial charge in [0.15, 0.2) is 0 Å². The van der Waals surface area contributed by atoms with Gasteiger partial charge in [0.25, 0.3) is 0 Å². The molecule has 0 aromatic heterocycles. The summed E-state index contributed by atoms with van der Waals surface area (Å²) in [5.74, 6) is 0.558. The third-order valence-corrected chi connectivity index (χ3v) is 4.76. The number of anilines is 1. The van der Waals surface area contributed by atoms with E-state index in [9.17, 15) is 13.2 Å². The molecule has 2 N–H and O–H groups in total. The van der Waals surface area contributed by atoms with Crippen molar-refractivity contribution in [2.45, 2.75) is 31.7 Å². The lowest BCUT2D eigenvalue weighted by atomic mass is 10.2. The Bertz CT molecular complexity index is 800. The maximum atomic E-state index is 12.3. The van der Waals surface area contributed by atoms with Gasteiger partial charge in [-0.1, -0.05) is 19.1 Å². The maximum Gasteiger partial charge on any atom is 0.240 e. The molecule has 0 atom stereocenters. The van der Waals surface area contributed by atoms with Crippen molar-refractivity contribution in [1.82, 2.24) is 4.72 Å². The van der Waals surface area contributed by atoms with Gasteiger partial charge >= 0.3 is 0 Å². The molecule has 1 amide bonds. The first-order valence-electron chi connectivity index (χ1n) is 8.00. The highest BCUT2D eigenvalue weighted by Gasteiger charge is 2.13. The SMILES string of the molecule is CCCOc1ccc(CNS(=O)(=O)c2ccc(NC(C)=O)cc2)cc1. The van der Waals surface area contributed by atoms with Crippen LogP contribution in [0.25, 0.3) is 0 Å². The third-order valence-electron chi connectivity index (χ3n) is 3.35. The van der Waals surface area contributed by atoms with E-state index in [-0.39, 0.29) is 17.3 Å². The summed E-state index contributed by atoms with van der Waals surface area (Å²) in [4.78, 5) is 11.1. The third kappa shape index (κ3) is 5.88. The zero-order chi connectivity index (χ0) is 18.3. The molecule has 134 valence electrons. The lowest BCUT2D eigenvalue weighted by molar-refractivity contribution is -0.114. The fraction of sp³-hybridized carbons (Fsp3) is 0.278. The fourth-order valence-corrected chi connectivity index (χ4v) is 3.12. The highest BCUT2D eigenvalue weighted by Crippen LogP contribution is 2.16. The van der Waals surface area contributed by atoms with E-state index in [1.165, 1.54) is 19.1 Å². The number of rotatable bonds is 8. The van der Waals surface area contributed by atoms with Gasteiger partial charge in [0.2, 0.25) is 15.9 Å². The number of carbonyl (C=O) groups excluding carboxylic acids is 1. The second-order valence-corrected chi connectivity index (χ2v) is 7.29. The molecule has 0 bridgehead atoms. The van der Waals surface area contributed by atoms with Crippen molar-refractivity contribution in [2.24, 2.45) is 0 Å². The monoisotopic (exact) mass is 362 g/mol. The first-order valence-corrected chi connectivity index (χ1v) is 9.48. The predicted octanol–water partition coefficient (Wildman–Crippen LogP) is 2.91. The lowest BCUT2D eigenvalue weighted by Crippen LogP contribution is -2.23. The first-order chi connectivity index (χ1) is 11.9. The Morgan fingerprint density at radius 3 is 2.24 bits per heavy atom. The van der Waals surface area contributed by atoms with Crippen LogP contribution in [0.5, 0.6) is 5.75 Å². The van der Waals surface area contributed by atoms with E-state index in [0.717, 1.165) is 17.7 Å². The van der Waals surface area contributed by atoms with E-state index in [1.54, 1.807) is 12.1 Å². The number of carbonyl (C=O) groups is 1. The van der Waals surface area contributed by atoms with Crippen LogP contribution >= 0.6 is 0 Å². The van der Waals surface area contributed by atoms with E-state index >= 15 is 0 Å². The van der Waals surface area contributed by atoms with Crippen LogP contribution in [0.1, 0.15) is 25.8 Å². The maximum absolute atomic E-state index is 12.3. The summed E-state index contributed by atoms with van der Waals surface area (Å²) in [6.07, 6.45) is 0.933. The highest BCUT2D eigenvalue weighted by molar-refractivity contribution is 7.89. The first kappa shape index (κ1) is 19.0. The summed E-state index contributed by atoms with van der Waals surface area (Å²) < 4.78 is 32.7. The van der Waals surface area contributed by atoms with E-state index in [0.29, 0.717) is 12.3 Å². The molecule has 0 aliphatic carbocycles. The van der Waals surface area contributed by atoms with Gasteiger partial charge in [-0.05, 0) is 48.4 Å². The van der Waals surface area contributed by atoms with Crippen LogP contribution in [0.15, 0.2) is 53.4 Å². The molecule has 0 aliphatic heterocycles. The van der Waals surface area contributed by atoms with Gasteiger partial charge in [-0.2, -0.15) is 0 Å². The number of hydrogen-bond acceptors (Lipinski definition) is 4. The topological polar surface area (TPSA) is 84.5 Å². The van der Waals surface area contributed by atoms with Gasteiger partial charge in [-0.3, -0.25) is 4.79 Å². The Hall–Kier alpha value is -2.38. The van der Waals surface area contributed by atoms with E-state index < -0.39 is 10.0 Å². The van der Waals surface area contributed by atoms with Gasteiger partial charge in [0, 0.05) is 19.2 Å². The number of nitrogens with one attached hydrogen (secondary N) is 2. The van der Waals surface area contributed by atoms with Gasteiger partial charge in [-0.15, -0.1) is 0 Å². The summed E-state index contributed by atoms with van der Waals surface area (Å²) in [7, 11) is -3.62. The van der Waals surface area contributed by atoms with Crippen molar-refractivity contribution in [2.75, 3.05) is 11.9 Å². The van der Waals surface area contributed by atoms with E-state index in [2.05, 4.69) is 10.0 Å². The minimum Gasteiger partial charge on any atom is -0.494 e. The minimum atomic E-state index is -3.62. The van der Waals surface area contributed by atoms with Crippen LogP contribution in [-0.4, -0.2) is 20.9 Å². The van der Waals surface area contributed by atoms with Crippen molar-refractivity contribution >= 4 is 21.6 Å². The van der Waals surface area contributed by atoms with Gasteiger partial charge in [-0.25, -0.2) is 13.1 Å². The molecule has 25 heavy (non-hydrogen) atoms. The number of ether oxygens (including phenoxy) is 1. The number of sulfonamides is 1. The molecule has 2 rings (SSSR count). The second kappa shape index (κ2) is 8.64. The summed E-state index contributed by atoms with van der Waals surface area (Å²) in [5, 5.41) is 2.60. The molecule has 2 aromatic rings. The lowest BCUT2D eigenvalue weighted by Gasteiger charge is -2.09. The zero-order valence-corrected chi connectivity index (χ0v) is 15.1. The molecular weight excluding hydrogens is 340 g/mol. The molecule has 0 saturated carbocycles. The molecule has 0 spiro atoms. The Labute approximate surface area is 148 Å². The number of benzene rings is 2. The largest absolute Gasteiger partial charge is 0.494 e. The van der Waals surface area contributed by atoms with Crippen molar-refractivity contribution in [3.8, 4) is 5.75 Å². The van der Waals surface area contributed by atoms with Gasteiger partial charge in [0.1, 0.15) is 5.75 Å². The molecule has 0 heterocycles. The highest BCUT2D eigenvalue weighted by atomic mass is 32.2. The fourth-order valence-electron chi connectivity index (χ4n) is 2.11. The molecule has 7 heteroatoms. The smallest absolute Gasteiger partial charge is 0.240 e. The minimum absolute atomic E-state index is 0.143. The predicted molar refractivity (Wildman–Crippen MR) is 97.0 cm³/mol. The van der Waals surface area contributed by atoms with Crippen LogP contribution in [0, 0.1) is 0 Å². The molecule has 0 saturated heterocycles. The van der Waals surface area contributed by atoms with Crippen molar-refractivity contribution in [1.29, 1.82) is 0 Å². The summed E-state index contributed by atoms with van der Waals surface area (Å²) in [5.41, 5.74) is 1.39. The Balaban J connectivity index is 1.97. The molecule has 2 aromatic carbocycles. The van der Waals surface area contributed by atoms with Crippen LogP contribution in [0.2, 0.25) is 0 Å². The molecule has 0 aliphatic rings. The van der Waals surface area contributed by atoms with Gasteiger partial charge < -0.3 is 10.1 Å². The van der Waals surface area contributed by atoms with Crippen LogP contribution in [-0.2, 0) is 21.4 Å². The zero-order valence-electron chi connectivity index (χ0n) is 14.3. The Morgan fingerprint density at radius 2 is 1.68 bits per heavy atom. The van der Waals surface area contributed by atoms with Gasteiger partial charge in [0.05, 0.1) is 11.5 Å². The quantitative estimate of drug-likeness (QED) is 0.756. The standard InChI is InChI=1S/C18H22N2O4S/c1-3-12-24-17-8-4-15(5-9-17)13-19-25(22,23)18-10-6-16(7-11-18)20-14(2)21/h4-11,19H,3,12-13H2,1-2H3,(H,20,21). The number of hydrogen-bond donors (Lipinski definition) is 2.